The number of aliphatic imine (C=N–C) groups is 1. The zero-order chi connectivity index (χ0) is 19.8. The van der Waals surface area contributed by atoms with E-state index in [0.717, 1.165) is 39.3 Å². The minimum Gasteiger partial charge on any atom is -0.465 e. The van der Waals surface area contributed by atoms with Gasteiger partial charge in [-0.05, 0) is 30.5 Å². The van der Waals surface area contributed by atoms with E-state index in [0.29, 0.717) is 36.1 Å². The lowest BCUT2D eigenvalue weighted by atomic mass is 10.2. The maximum absolute atomic E-state index is 12.6. The second kappa shape index (κ2) is 10.3. The van der Waals surface area contributed by atoms with E-state index < -0.39 is 0 Å². The molecule has 1 fully saturated rings. The molecule has 2 aliphatic heterocycles. The molecular formula is C20H29N3O5. The Labute approximate surface area is 165 Å². The van der Waals surface area contributed by atoms with E-state index in [1.54, 1.807) is 18.2 Å². The number of rotatable bonds is 7. The van der Waals surface area contributed by atoms with Crippen molar-refractivity contribution in [3.63, 3.8) is 0 Å². The SMILES string of the molecule is CC(C)COC(=NCCCN1CCOCC1)NC(=O)c1ccc2c(c1)OCO2. The second-order valence-electron chi connectivity index (χ2n) is 7.22. The van der Waals surface area contributed by atoms with Crippen LogP contribution in [0.5, 0.6) is 11.5 Å². The first-order chi connectivity index (χ1) is 13.6. The maximum Gasteiger partial charge on any atom is 0.291 e. The van der Waals surface area contributed by atoms with Crippen LogP contribution in [-0.4, -0.2) is 69.6 Å². The van der Waals surface area contributed by atoms with Crippen LogP contribution in [0.2, 0.25) is 0 Å². The van der Waals surface area contributed by atoms with E-state index in [4.69, 9.17) is 18.9 Å². The van der Waals surface area contributed by atoms with E-state index in [-0.39, 0.29) is 18.7 Å². The fourth-order valence-electron chi connectivity index (χ4n) is 2.87. The van der Waals surface area contributed by atoms with Crippen LogP contribution in [0.3, 0.4) is 0 Å². The Morgan fingerprint density at radius 1 is 1.25 bits per heavy atom. The molecule has 0 aliphatic carbocycles. The van der Waals surface area contributed by atoms with Gasteiger partial charge in [0.1, 0.15) is 0 Å². The molecule has 1 aromatic carbocycles. The molecule has 8 nitrogen and oxygen atoms in total. The summed E-state index contributed by atoms with van der Waals surface area (Å²) in [6.07, 6.45) is 0.897. The van der Waals surface area contributed by atoms with Gasteiger partial charge in [-0.1, -0.05) is 13.8 Å². The third kappa shape index (κ3) is 6.10. The summed E-state index contributed by atoms with van der Waals surface area (Å²) < 4.78 is 21.7. The van der Waals surface area contributed by atoms with Gasteiger partial charge in [0, 0.05) is 31.7 Å². The lowest BCUT2D eigenvalue weighted by Gasteiger charge is -2.26. The Morgan fingerprint density at radius 2 is 2.04 bits per heavy atom. The molecule has 0 spiro atoms. The summed E-state index contributed by atoms with van der Waals surface area (Å²) in [4.78, 5) is 19.4. The summed E-state index contributed by atoms with van der Waals surface area (Å²) in [5.74, 6) is 1.26. The summed E-state index contributed by atoms with van der Waals surface area (Å²) in [5.41, 5.74) is 0.471. The van der Waals surface area contributed by atoms with Gasteiger partial charge in [0.25, 0.3) is 11.9 Å². The van der Waals surface area contributed by atoms with Crippen molar-refractivity contribution in [2.24, 2.45) is 10.9 Å². The van der Waals surface area contributed by atoms with Gasteiger partial charge in [0.2, 0.25) is 6.79 Å². The highest BCUT2D eigenvalue weighted by Crippen LogP contribution is 2.32. The highest BCUT2D eigenvalue weighted by Gasteiger charge is 2.17. The van der Waals surface area contributed by atoms with Gasteiger partial charge < -0.3 is 18.9 Å². The second-order valence-corrected chi connectivity index (χ2v) is 7.22. The van der Waals surface area contributed by atoms with Gasteiger partial charge >= 0.3 is 0 Å². The largest absolute Gasteiger partial charge is 0.465 e. The minimum absolute atomic E-state index is 0.174. The number of fused-ring (bicyclic) bond motifs is 1. The van der Waals surface area contributed by atoms with Crippen molar-refractivity contribution in [2.75, 3.05) is 52.8 Å². The van der Waals surface area contributed by atoms with Crippen LogP contribution in [0.4, 0.5) is 0 Å². The monoisotopic (exact) mass is 391 g/mol. The highest BCUT2D eigenvalue weighted by atomic mass is 16.7. The van der Waals surface area contributed by atoms with E-state index in [1.165, 1.54) is 0 Å². The molecule has 0 saturated carbocycles. The minimum atomic E-state index is -0.283. The maximum atomic E-state index is 12.6. The lowest BCUT2D eigenvalue weighted by molar-refractivity contribution is 0.0377. The van der Waals surface area contributed by atoms with Gasteiger partial charge in [0.15, 0.2) is 11.5 Å². The molecule has 1 amide bonds. The Morgan fingerprint density at radius 3 is 2.82 bits per heavy atom. The molecule has 0 unspecified atom stereocenters. The zero-order valence-corrected chi connectivity index (χ0v) is 16.6. The molecule has 1 aromatic rings. The topological polar surface area (TPSA) is 81.6 Å². The number of carbonyl (C=O) groups is 1. The molecule has 154 valence electrons. The molecular weight excluding hydrogens is 362 g/mol. The number of hydrogen-bond donors (Lipinski definition) is 1. The quantitative estimate of drug-likeness (QED) is 0.434. The first kappa shape index (κ1) is 20.4. The van der Waals surface area contributed by atoms with Crippen molar-refractivity contribution in [1.29, 1.82) is 0 Å². The van der Waals surface area contributed by atoms with Crippen molar-refractivity contribution in [2.45, 2.75) is 20.3 Å². The van der Waals surface area contributed by atoms with E-state index in [2.05, 4.69) is 29.1 Å². The van der Waals surface area contributed by atoms with Gasteiger partial charge in [-0.2, -0.15) is 0 Å². The van der Waals surface area contributed by atoms with Crippen LogP contribution >= 0.6 is 0 Å². The van der Waals surface area contributed by atoms with Crippen molar-refractivity contribution in [3.05, 3.63) is 23.8 Å². The number of ether oxygens (including phenoxy) is 4. The molecule has 1 N–H and O–H groups in total. The highest BCUT2D eigenvalue weighted by molar-refractivity contribution is 6.04. The Hall–Kier alpha value is -2.32. The van der Waals surface area contributed by atoms with Crippen LogP contribution in [0, 0.1) is 5.92 Å². The molecule has 0 aromatic heterocycles. The van der Waals surface area contributed by atoms with Crippen molar-refractivity contribution >= 4 is 11.9 Å². The first-order valence-corrected chi connectivity index (χ1v) is 9.80. The number of amidine groups is 1. The molecule has 8 heteroatoms. The Balaban J connectivity index is 1.54. The summed E-state index contributed by atoms with van der Waals surface area (Å²) in [6.45, 7) is 9.81. The molecule has 0 atom stereocenters. The van der Waals surface area contributed by atoms with Crippen LogP contribution in [0.25, 0.3) is 0 Å². The summed E-state index contributed by atoms with van der Waals surface area (Å²) in [7, 11) is 0. The summed E-state index contributed by atoms with van der Waals surface area (Å²) >= 11 is 0. The van der Waals surface area contributed by atoms with Crippen molar-refractivity contribution in [3.8, 4) is 11.5 Å². The molecule has 3 rings (SSSR count). The fourth-order valence-corrected chi connectivity index (χ4v) is 2.87. The number of amides is 1. The predicted molar refractivity (Wildman–Crippen MR) is 105 cm³/mol. The molecule has 28 heavy (non-hydrogen) atoms. The van der Waals surface area contributed by atoms with Crippen LogP contribution in [0.1, 0.15) is 30.6 Å². The smallest absolute Gasteiger partial charge is 0.291 e. The standard InChI is InChI=1S/C20H29N3O5/c1-15(2)13-26-20(21-6-3-7-23-8-10-25-11-9-23)22-19(24)16-4-5-17-18(12-16)28-14-27-17/h4-5,12,15H,3,6-11,13-14H2,1-2H3,(H,21,22,24). The first-order valence-electron chi connectivity index (χ1n) is 9.80. The number of carbonyl (C=O) groups excluding carboxylic acids is 1. The van der Waals surface area contributed by atoms with Gasteiger partial charge in [-0.25, -0.2) is 4.99 Å². The molecule has 2 heterocycles. The zero-order valence-electron chi connectivity index (χ0n) is 16.6. The van der Waals surface area contributed by atoms with Gasteiger partial charge in [-0.15, -0.1) is 0 Å². The average molecular weight is 391 g/mol. The number of nitrogens with one attached hydrogen (secondary N) is 1. The summed E-state index contributed by atoms with van der Waals surface area (Å²) in [6, 6.07) is 5.35. The van der Waals surface area contributed by atoms with E-state index in [9.17, 15) is 4.79 Å². The molecule has 1 saturated heterocycles. The Kier molecular flexibility index (Phi) is 7.50. The third-order valence-corrected chi connectivity index (χ3v) is 4.40. The Bertz CT molecular complexity index is 686. The fraction of sp³-hybridized carbons (Fsp3) is 0.600. The van der Waals surface area contributed by atoms with Crippen molar-refractivity contribution < 1.29 is 23.7 Å². The van der Waals surface area contributed by atoms with Crippen LogP contribution in [-0.2, 0) is 9.47 Å². The van der Waals surface area contributed by atoms with E-state index in [1.807, 2.05) is 0 Å². The average Bonchev–Trinajstić information content (AvgIpc) is 3.17. The third-order valence-electron chi connectivity index (χ3n) is 4.40. The van der Waals surface area contributed by atoms with Crippen LogP contribution < -0.4 is 14.8 Å². The number of morpholine rings is 1. The number of benzene rings is 1. The molecule has 2 aliphatic rings. The molecule has 0 radical (unpaired) electrons. The summed E-state index contributed by atoms with van der Waals surface area (Å²) in [5, 5.41) is 2.78. The van der Waals surface area contributed by atoms with Crippen molar-refractivity contribution in [1.82, 2.24) is 10.2 Å². The number of hydrogen-bond acceptors (Lipinski definition) is 7. The molecule has 0 bridgehead atoms. The number of nitrogens with zero attached hydrogens (tertiary/aromatic N) is 2. The lowest BCUT2D eigenvalue weighted by Crippen LogP contribution is -2.37. The van der Waals surface area contributed by atoms with E-state index >= 15 is 0 Å². The van der Waals surface area contributed by atoms with Crippen LogP contribution in [0.15, 0.2) is 23.2 Å². The van der Waals surface area contributed by atoms with Gasteiger partial charge in [0.05, 0.1) is 19.8 Å². The van der Waals surface area contributed by atoms with Gasteiger partial charge in [-0.3, -0.25) is 15.0 Å². The normalized spacial score (nSPS) is 17.0. The predicted octanol–water partition coefficient (Wildman–Crippen LogP) is 1.90.